The van der Waals surface area contributed by atoms with Gasteiger partial charge in [0, 0.05) is 38.2 Å². The van der Waals surface area contributed by atoms with Crippen LogP contribution < -0.4 is 16.0 Å². The zero-order valence-electron chi connectivity index (χ0n) is 17.4. The van der Waals surface area contributed by atoms with Crippen molar-refractivity contribution in [1.82, 2.24) is 10.2 Å². The molecule has 0 spiro atoms. The van der Waals surface area contributed by atoms with E-state index in [-0.39, 0.29) is 42.9 Å². The lowest BCUT2D eigenvalue weighted by Crippen LogP contribution is -2.42. The van der Waals surface area contributed by atoms with Crippen molar-refractivity contribution in [1.29, 1.82) is 5.26 Å². The van der Waals surface area contributed by atoms with Crippen LogP contribution in [0, 0.1) is 17.2 Å². The van der Waals surface area contributed by atoms with Crippen LogP contribution in [0.5, 0.6) is 0 Å². The number of hydrogen-bond donors (Lipinski definition) is 2. The SMILES string of the molecule is N#CCCN(C(=O)CCC(=O)NCCCN1CCCC(C(N)=O)C1)c1ccccc1. The highest BCUT2D eigenvalue weighted by Gasteiger charge is 2.23. The lowest BCUT2D eigenvalue weighted by Gasteiger charge is -2.31. The number of carbonyl (C=O) groups is 3. The summed E-state index contributed by atoms with van der Waals surface area (Å²) in [7, 11) is 0. The first kappa shape index (κ1) is 23.4. The topological polar surface area (TPSA) is 120 Å². The second-order valence-corrected chi connectivity index (χ2v) is 7.53. The van der Waals surface area contributed by atoms with Gasteiger partial charge in [-0.3, -0.25) is 14.4 Å². The third-order valence-electron chi connectivity index (χ3n) is 5.26. The standard InChI is InChI=1S/C22H31N5O3/c23-12-5-16-27(19-8-2-1-3-9-19)21(29)11-10-20(28)25-13-6-15-26-14-4-7-18(17-26)22(24)30/h1-3,8-9,18H,4-7,10-11,13-17H2,(H2,24,30)(H,25,28). The van der Waals surface area contributed by atoms with Crippen molar-refractivity contribution in [2.45, 2.75) is 38.5 Å². The monoisotopic (exact) mass is 413 g/mol. The largest absolute Gasteiger partial charge is 0.369 e. The fraction of sp³-hybridized carbons (Fsp3) is 0.545. The molecule has 0 bridgehead atoms. The molecule has 1 fully saturated rings. The normalized spacial score (nSPS) is 16.4. The minimum absolute atomic E-state index is 0.0760. The summed E-state index contributed by atoms with van der Waals surface area (Å²) in [5.74, 6) is -0.646. The smallest absolute Gasteiger partial charge is 0.227 e. The van der Waals surface area contributed by atoms with Crippen molar-refractivity contribution >= 4 is 23.4 Å². The van der Waals surface area contributed by atoms with Gasteiger partial charge in [0.25, 0.3) is 0 Å². The molecule has 1 aromatic carbocycles. The number of anilines is 1. The molecule has 1 aliphatic rings. The molecule has 1 saturated heterocycles. The van der Waals surface area contributed by atoms with Gasteiger partial charge in [0.1, 0.15) is 0 Å². The Bertz CT molecular complexity index is 747. The molecule has 8 nitrogen and oxygen atoms in total. The van der Waals surface area contributed by atoms with E-state index in [4.69, 9.17) is 11.0 Å². The molecule has 1 heterocycles. The molecule has 162 valence electrons. The summed E-state index contributed by atoms with van der Waals surface area (Å²) in [5, 5.41) is 11.7. The number of likely N-dealkylation sites (tertiary alicyclic amines) is 1. The number of nitrogens with one attached hydrogen (secondary N) is 1. The summed E-state index contributed by atoms with van der Waals surface area (Å²) in [6, 6.07) is 11.2. The van der Waals surface area contributed by atoms with Crippen LogP contribution in [0.2, 0.25) is 0 Å². The van der Waals surface area contributed by atoms with E-state index in [0.717, 1.165) is 38.0 Å². The van der Waals surface area contributed by atoms with E-state index in [0.29, 0.717) is 19.6 Å². The van der Waals surface area contributed by atoms with Gasteiger partial charge in [-0.2, -0.15) is 5.26 Å². The Morgan fingerprint density at radius 1 is 1.23 bits per heavy atom. The summed E-state index contributed by atoms with van der Waals surface area (Å²) in [6.45, 7) is 3.28. The van der Waals surface area contributed by atoms with Crippen LogP contribution in [0.3, 0.4) is 0 Å². The van der Waals surface area contributed by atoms with Gasteiger partial charge >= 0.3 is 0 Å². The highest BCUT2D eigenvalue weighted by molar-refractivity contribution is 5.95. The molecule has 0 saturated carbocycles. The first-order valence-electron chi connectivity index (χ1n) is 10.5. The van der Waals surface area contributed by atoms with Crippen LogP contribution in [-0.4, -0.2) is 55.3 Å². The van der Waals surface area contributed by atoms with E-state index in [9.17, 15) is 14.4 Å². The number of para-hydroxylation sites is 1. The predicted molar refractivity (Wildman–Crippen MR) is 114 cm³/mol. The highest BCUT2D eigenvalue weighted by Crippen LogP contribution is 2.16. The van der Waals surface area contributed by atoms with Gasteiger partial charge in [-0.25, -0.2) is 0 Å². The molecule has 1 aliphatic heterocycles. The Morgan fingerprint density at radius 3 is 2.70 bits per heavy atom. The van der Waals surface area contributed by atoms with Crippen molar-refractivity contribution < 1.29 is 14.4 Å². The molecular weight excluding hydrogens is 382 g/mol. The number of nitriles is 1. The molecule has 30 heavy (non-hydrogen) atoms. The summed E-state index contributed by atoms with van der Waals surface area (Å²) >= 11 is 0. The Labute approximate surface area is 178 Å². The highest BCUT2D eigenvalue weighted by atomic mass is 16.2. The number of nitrogens with zero attached hydrogens (tertiary/aromatic N) is 3. The maximum absolute atomic E-state index is 12.6. The number of primary amides is 1. The molecule has 1 atom stereocenters. The second kappa shape index (κ2) is 12.6. The average molecular weight is 414 g/mol. The average Bonchev–Trinajstić information content (AvgIpc) is 2.76. The fourth-order valence-electron chi connectivity index (χ4n) is 3.63. The van der Waals surface area contributed by atoms with Gasteiger partial charge in [0.15, 0.2) is 0 Å². The Morgan fingerprint density at radius 2 is 2.00 bits per heavy atom. The summed E-state index contributed by atoms with van der Waals surface area (Å²) < 4.78 is 0. The van der Waals surface area contributed by atoms with Crippen LogP contribution >= 0.6 is 0 Å². The lowest BCUT2D eigenvalue weighted by molar-refractivity contribution is -0.125. The van der Waals surface area contributed by atoms with Crippen LogP contribution in [-0.2, 0) is 14.4 Å². The van der Waals surface area contributed by atoms with Gasteiger partial charge in [-0.05, 0) is 44.5 Å². The van der Waals surface area contributed by atoms with Gasteiger partial charge in [-0.1, -0.05) is 18.2 Å². The van der Waals surface area contributed by atoms with Crippen LogP contribution in [0.25, 0.3) is 0 Å². The molecule has 3 amide bonds. The summed E-state index contributed by atoms with van der Waals surface area (Å²) in [4.78, 5) is 39.8. The van der Waals surface area contributed by atoms with E-state index in [1.165, 1.54) is 0 Å². The molecule has 0 aromatic heterocycles. The molecule has 2 rings (SSSR count). The molecular formula is C22H31N5O3. The first-order valence-corrected chi connectivity index (χ1v) is 10.5. The summed E-state index contributed by atoms with van der Waals surface area (Å²) in [6.07, 6.45) is 3.04. The van der Waals surface area contributed by atoms with E-state index >= 15 is 0 Å². The fourth-order valence-corrected chi connectivity index (χ4v) is 3.63. The second-order valence-electron chi connectivity index (χ2n) is 7.53. The Balaban J connectivity index is 1.68. The molecule has 8 heteroatoms. The van der Waals surface area contributed by atoms with Gasteiger partial charge in [0.05, 0.1) is 18.4 Å². The van der Waals surface area contributed by atoms with E-state index < -0.39 is 0 Å². The Hall–Kier alpha value is -2.92. The van der Waals surface area contributed by atoms with E-state index in [1.807, 2.05) is 30.3 Å². The first-order chi connectivity index (χ1) is 14.5. The zero-order chi connectivity index (χ0) is 21.8. The molecule has 3 N–H and O–H groups in total. The number of benzene rings is 1. The predicted octanol–water partition coefficient (Wildman–Crippen LogP) is 1.42. The zero-order valence-corrected chi connectivity index (χ0v) is 17.4. The van der Waals surface area contributed by atoms with Gasteiger partial charge in [0.2, 0.25) is 17.7 Å². The maximum Gasteiger partial charge on any atom is 0.227 e. The molecule has 0 radical (unpaired) electrons. The molecule has 1 unspecified atom stereocenters. The van der Waals surface area contributed by atoms with Crippen molar-refractivity contribution in [2.75, 3.05) is 37.6 Å². The third-order valence-corrected chi connectivity index (χ3v) is 5.26. The number of piperidine rings is 1. The van der Waals surface area contributed by atoms with Crippen molar-refractivity contribution in [3.63, 3.8) is 0 Å². The van der Waals surface area contributed by atoms with Crippen molar-refractivity contribution in [3.05, 3.63) is 30.3 Å². The van der Waals surface area contributed by atoms with Crippen LogP contribution in [0.1, 0.15) is 38.5 Å². The van der Waals surface area contributed by atoms with Gasteiger partial charge in [-0.15, -0.1) is 0 Å². The quantitative estimate of drug-likeness (QED) is 0.532. The van der Waals surface area contributed by atoms with Crippen molar-refractivity contribution in [2.24, 2.45) is 11.7 Å². The van der Waals surface area contributed by atoms with E-state index in [2.05, 4.69) is 16.3 Å². The molecule has 1 aromatic rings. The number of rotatable bonds is 11. The number of nitrogens with two attached hydrogens (primary N) is 1. The minimum Gasteiger partial charge on any atom is -0.369 e. The Kier molecular flexibility index (Phi) is 9.81. The number of carbonyl (C=O) groups excluding carboxylic acids is 3. The van der Waals surface area contributed by atoms with Crippen LogP contribution in [0.4, 0.5) is 5.69 Å². The summed E-state index contributed by atoms with van der Waals surface area (Å²) in [5.41, 5.74) is 6.13. The van der Waals surface area contributed by atoms with E-state index in [1.54, 1.807) is 4.90 Å². The third kappa shape index (κ3) is 7.84. The maximum atomic E-state index is 12.6. The number of amides is 3. The van der Waals surface area contributed by atoms with Crippen molar-refractivity contribution in [3.8, 4) is 6.07 Å². The molecule has 0 aliphatic carbocycles. The number of hydrogen-bond acceptors (Lipinski definition) is 5. The minimum atomic E-state index is -0.239. The van der Waals surface area contributed by atoms with Crippen LogP contribution in [0.15, 0.2) is 30.3 Å². The lowest BCUT2D eigenvalue weighted by atomic mass is 9.97. The van der Waals surface area contributed by atoms with Gasteiger partial charge < -0.3 is 20.9 Å².